The van der Waals surface area contributed by atoms with Crippen molar-refractivity contribution in [1.29, 1.82) is 0 Å². The van der Waals surface area contributed by atoms with Crippen LogP contribution >= 0.6 is 43.2 Å². The van der Waals surface area contributed by atoms with E-state index in [4.69, 9.17) is 0 Å². The highest BCUT2D eigenvalue weighted by Gasteiger charge is 2.19. The molecule has 21 heavy (non-hydrogen) atoms. The molecule has 4 heteroatoms. The summed E-state index contributed by atoms with van der Waals surface area (Å²) < 4.78 is 2.35. The number of benzene rings is 1. The summed E-state index contributed by atoms with van der Waals surface area (Å²) in [4.78, 5) is 0. The van der Waals surface area contributed by atoms with Gasteiger partial charge in [0.1, 0.15) is 0 Å². The van der Waals surface area contributed by atoms with Crippen LogP contribution in [0.5, 0.6) is 0 Å². The molecule has 1 aromatic heterocycles. The number of hydrogen-bond acceptors (Lipinski definition) is 2. The van der Waals surface area contributed by atoms with E-state index in [0.717, 1.165) is 23.2 Å². The summed E-state index contributed by atoms with van der Waals surface area (Å²) in [6.45, 7) is 7.56. The van der Waals surface area contributed by atoms with E-state index in [2.05, 4.69) is 82.2 Å². The molecule has 0 aliphatic heterocycles. The van der Waals surface area contributed by atoms with Crippen molar-refractivity contribution in [1.82, 2.24) is 5.32 Å². The van der Waals surface area contributed by atoms with E-state index in [9.17, 15) is 0 Å². The molecule has 1 nitrogen and oxygen atoms in total. The lowest BCUT2D eigenvalue weighted by atomic mass is 9.94. The molecule has 0 radical (unpaired) electrons. The predicted octanol–water partition coefficient (Wildman–Crippen LogP) is 6.10. The zero-order valence-electron chi connectivity index (χ0n) is 12.7. The van der Waals surface area contributed by atoms with Crippen LogP contribution in [0.2, 0.25) is 0 Å². The van der Waals surface area contributed by atoms with Crippen LogP contribution < -0.4 is 5.32 Å². The first-order valence-electron chi connectivity index (χ1n) is 7.40. The first kappa shape index (κ1) is 17.2. The number of thiophene rings is 1. The van der Waals surface area contributed by atoms with Gasteiger partial charge < -0.3 is 5.32 Å². The van der Waals surface area contributed by atoms with Gasteiger partial charge in [0.05, 0.1) is 13.6 Å². The van der Waals surface area contributed by atoms with Gasteiger partial charge in [-0.15, -0.1) is 11.3 Å². The summed E-state index contributed by atoms with van der Waals surface area (Å²) in [6, 6.07) is 9.37. The van der Waals surface area contributed by atoms with Gasteiger partial charge in [0.25, 0.3) is 0 Å². The highest BCUT2D eigenvalue weighted by atomic mass is 79.9. The molecule has 0 spiro atoms. The lowest BCUT2D eigenvalue weighted by Gasteiger charge is -2.20. The van der Waals surface area contributed by atoms with Crippen molar-refractivity contribution in [2.24, 2.45) is 0 Å². The summed E-state index contributed by atoms with van der Waals surface area (Å²) >= 11 is 9.01. The normalized spacial score (nSPS) is 12.6. The van der Waals surface area contributed by atoms with Crippen molar-refractivity contribution in [3.63, 3.8) is 0 Å². The number of rotatable bonds is 6. The Bertz CT molecular complexity index is 607. The molecule has 1 unspecified atom stereocenters. The van der Waals surface area contributed by atoms with Crippen molar-refractivity contribution >= 4 is 43.2 Å². The Morgan fingerprint density at radius 2 is 1.76 bits per heavy atom. The number of aryl methyl sites for hydroxylation is 2. The van der Waals surface area contributed by atoms with E-state index in [0.29, 0.717) is 0 Å². The zero-order valence-corrected chi connectivity index (χ0v) is 16.7. The fourth-order valence-electron chi connectivity index (χ4n) is 2.66. The molecule has 1 heterocycles. The highest BCUT2D eigenvalue weighted by Crippen LogP contribution is 2.38. The molecule has 2 aromatic rings. The zero-order chi connectivity index (χ0) is 15.4. The number of hydrogen-bond donors (Lipinski definition) is 1. The Labute approximate surface area is 148 Å². The summed E-state index contributed by atoms with van der Waals surface area (Å²) in [5.74, 6) is 0. The third-order valence-corrected chi connectivity index (χ3v) is 6.11. The van der Waals surface area contributed by atoms with Crippen LogP contribution in [0.15, 0.2) is 31.8 Å². The largest absolute Gasteiger partial charge is 0.306 e. The van der Waals surface area contributed by atoms with Crippen molar-refractivity contribution in [2.75, 3.05) is 6.54 Å². The van der Waals surface area contributed by atoms with E-state index in [1.165, 1.54) is 26.0 Å². The first-order chi connectivity index (χ1) is 10.1. The smallest absolute Gasteiger partial charge is 0.0761 e. The van der Waals surface area contributed by atoms with Gasteiger partial charge >= 0.3 is 0 Å². The monoisotopic (exact) mass is 429 g/mol. The lowest BCUT2D eigenvalue weighted by molar-refractivity contribution is 0.629. The lowest BCUT2D eigenvalue weighted by Crippen LogP contribution is -2.22. The second-order valence-electron chi connectivity index (χ2n) is 5.01. The Kier molecular flexibility index (Phi) is 6.48. The van der Waals surface area contributed by atoms with E-state index in [1.807, 2.05) is 0 Å². The van der Waals surface area contributed by atoms with Gasteiger partial charge in [0.15, 0.2) is 0 Å². The molecule has 0 saturated heterocycles. The van der Waals surface area contributed by atoms with Gasteiger partial charge in [-0.2, -0.15) is 0 Å². The second-order valence-corrected chi connectivity index (χ2v) is 8.75. The van der Waals surface area contributed by atoms with E-state index >= 15 is 0 Å². The summed E-state index contributed by atoms with van der Waals surface area (Å²) in [6.07, 6.45) is 2.19. The highest BCUT2D eigenvalue weighted by molar-refractivity contribution is 9.12. The molecular weight excluding hydrogens is 410 g/mol. The molecule has 2 rings (SSSR count). The quantitative estimate of drug-likeness (QED) is 0.583. The Morgan fingerprint density at radius 3 is 2.29 bits per heavy atom. The minimum absolute atomic E-state index is 0.239. The average molecular weight is 431 g/mol. The molecule has 0 aliphatic rings. The standard InChI is InChI=1S/C17H21Br2NS/c1-4-11-7-8-13(9-12(11)5-2)16(20-6-3)14-10-15(18)21-17(14)19/h7-10,16,20H,4-6H2,1-3H3. The SMILES string of the molecule is CCNC(c1ccc(CC)c(CC)c1)c1cc(Br)sc1Br. The van der Waals surface area contributed by atoms with Crippen LogP contribution in [0.1, 0.15) is 49.1 Å². The minimum atomic E-state index is 0.239. The van der Waals surface area contributed by atoms with Gasteiger partial charge in [-0.25, -0.2) is 0 Å². The van der Waals surface area contributed by atoms with Gasteiger partial charge in [0, 0.05) is 0 Å². The Morgan fingerprint density at radius 1 is 1.05 bits per heavy atom. The Hall–Kier alpha value is -0.160. The van der Waals surface area contributed by atoms with Crippen LogP contribution in [0.4, 0.5) is 0 Å². The van der Waals surface area contributed by atoms with E-state index in [1.54, 1.807) is 11.3 Å². The van der Waals surface area contributed by atoms with Crippen LogP contribution in [0, 0.1) is 0 Å². The molecule has 1 atom stereocenters. The third-order valence-electron chi connectivity index (χ3n) is 3.73. The molecule has 0 fully saturated rings. The maximum atomic E-state index is 3.70. The topological polar surface area (TPSA) is 12.0 Å². The Balaban J connectivity index is 2.45. The van der Waals surface area contributed by atoms with Crippen LogP contribution in [-0.4, -0.2) is 6.54 Å². The summed E-state index contributed by atoms with van der Waals surface area (Å²) in [5, 5.41) is 3.61. The van der Waals surface area contributed by atoms with Crippen molar-refractivity contribution in [3.8, 4) is 0 Å². The van der Waals surface area contributed by atoms with Gasteiger partial charge in [0.2, 0.25) is 0 Å². The fourth-order valence-corrected chi connectivity index (χ4v) is 5.56. The van der Waals surface area contributed by atoms with Crippen molar-refractivity contribution in [3.05, 3.63) is 54.1 Å². The average Bonchev–Trinajstić information content (AvgIpc) is 2.82. The number of nitrogens with one attached hydrogen (secondary N) is 1. The molecule has 0 saturated carbocycles. The van der Waals surface area contributed by atoms with Gasteiger partial charge in [-0.1, -0.05) is 39.0 Å². The summed E-state index contributed by atoms with van der Waals surface area (Å²) in [7, 11) is 0. The van der Waals surface area contributed by atoms with E-state index < -0.39 is 0 Å². The molecule has 1 N–H and O–H groups in total. The van der Waals surface area contributed by atoms with Crippen LogP contribution in [-0.2, 0) is 12.8 Å². The maximum Gasteiger partial charge on any atom is 0.0761 e. The van der Waals surface area contributed by atoms with Gasteiger partial charge in [-0.3, -0.25) is 0 Å². The van der Waals surface area contributed by atoms with Crippen molar-refractivity contribution < 1.29 is 0 Å². The van der Waals surface area contributed by atoms with Crippen LogP contribution in [0.25, 0.3) is 0 Å². The number of halogens is 2. The maximum absolute atomic E-state index is 3.70. The molecule has 114 valence electrons. The fraction of sp³-hybridized carbons (Fsp3) is 0.412. The minimum Gasteiger partial charge on any atom is -0.306 e. The predicted molar refractivity (Wildman–Crippen MR) is 100 cm³/mol. The van der Waals surface area contributed by atoms with Crippen molar-refractivity contribution in [2.45, 2.75) is 39.7 Å². The molecule has 0 aliphatic carbocycles. The molecule has 0 bridgehead atoms. The molecule has 0 amide bonds. The van der Waals surface area contributed by atoms with E-state index in [-0.39, 0.29) is 6.04 Å². The van der Waals surface area contributed by atoms with Gasteiger partial charge in [-0.05, 0) is 79.6 Å². The summed E-state index contributed by atoms with van der Waals surface area (Å²) in [5.41, 5.74) is 5.57. The third kappa shape index (κ3) is 3.98. The second kappa shape index (κ2) is 7.91. The molecular formula is C17H21Br2NS. The molecule has 1 aromatic carbocycles. The first-order valence-corrected chi connectivity index (χ1v) is 9.80. The van der Waals surface area contributed by atoms with Crippen LogP contribution in [0.3, 0.4) is 0 Å².